The molecule has 0 heterocycles. The summed E-state index contributed by atoms with van der Waals surface area (Å²) in [6, 6.07) is 7.67. The molecule has 0 aromatic heterocycles. The lowest BCUT2D eigenvalue weighted by Gasteiger charge is -2.24. The maximum absolute atomic E-state index is 12.2. The van der Waals surface area contributed by atoms with Crippen molar-refractivity contribution in [2.75, 3.05) is 6.54 Å². The van der Waals surface area contributed by atoms with Gasteiger partial charge in [0.1, 0.15) is 5.75 Å². The molecule has 4 heteroatoms. The number of hydrogen-bond donors (Lipinski definition) is 2. The molecule has 0 bridgehead atoms. The summed E-state index contributed by atoms with van der Waals surface area (Å²) >= 11 is 0. The number of amides is 1. The third-order valence-electron chi connectivity index (χ3n) is 4.15. The van der Waals surface area contributed by atoms with E-state index in [1.807, 2.05) is 38.1 Å². The molecule has 1 aromatic rings. The Morgan fingerprint density at radius 3 is 2.67 bits per heavy atom. The van der Waals surface area contributed by atoms with Gasteiger partial charge in [-0.1, -0.05) is 38.0 Å². The number of para-hydroxylation sites is 1. The van der Waals surface area contributed by atoms with Crippen LogP contribution in [0, 0.1) is 6.92 Å². The van der Waals surface area contributed by atoms with Crippen molar-refractivity contribution >= 4 is 5.91 Å². The minimum Gasteiger partial charge on any atom is -0.480 e. The zero-order chi connectivity index (χ0) is 15.3. The molecule has 1 fully saturated rings. The van der Waals surface area contributed by atoms with Gasteiger partial charge in [-0.3, -0.25) is 4.79 Å². The molecule has 2 rings (SSSR count). The minimum atomic E-state index is -0.726. The Bertz CT molecular complexity index is 481. The first-order valence-electron chi connectivity index (χ1n) is 7.76. The van der Waals surface area contributed by atoms with Crippen LogP contribution in [0.5, 0.6) is 5.75 Å². The Hall–Kier alpha value is -1.55. The number of benzene rings is 1. The van der Waals surface area contributed by atoms with Crippen molar-refractivity contribution in [1.29, 1.82) is 0 Å². The van der Waals surface area contributed by atoms with Gasteiger partial charge in [-0.15, -0.1) is 0 Å². The number of carbonyl (C=O) groups is 1. The maximum Gasteiger partial charge on any atom is 0.261 e. The van der Waals surface area contributed by atoms with E-state index in [9.17, 15) is 9.90 Å². The van der Waals surface area contributed by atoms with Crippen molar-refractivity contribution in [1.82, 2.24) is 5.32 Å². The van der Waals surface area contributed by atoms with Gasteiger partial charge < -0.3 is 15.2 Å². The lowest BCUT2D eigenvalue weighted by Crippen LogP contribution is -2.46. The Balaban J connectivity index is 1.91. The minimum absolute atomic E-state index is 0.152. The average Bonchev–Trinajstić information content (AvgIpc) is 2.91. The lowest BCUT2D eigenvalue weighted by atomic mass is 10.0. The fraction of sp³-hybridized carbons (Fsp3) is 0.588. The van der Waals surface area contributed by atoms with Gasteiger partial charge >= 0.3 is 0 Å². The van der Waals surface area contributed by atoms with Gasteiger partial charge in [-0.25, -0.2) is 0 Å². The van der Waals surface area contributed by atoms with Gasteiger partial charge in [0.05, 0.1) is 5.60 Å². The molecule has 1 aliphatic rings. The predicted octanol–water partition coefficient (Wildman–Crippen LogP) is 2.57. The molecule has 1 unspecified atom stereocenters. The van der Waals surface area contributed by atoms with Crippen molar-refractivity contribution in [3.63, 3.8) is 0 Å². The molecule has 1 atom stereocenters. The highest BCUT2D eigenvalue weighted by atomic mass is 16.5. The monoisotopic (exact) mass is 291 g/mol. The highest BCUT2D eigenvalue weighted by Gasteiger charge is 2.32. The van der Waals surface area contributed by atoms with Crippen LogP contribution in [0.25, 0.3) is 0 Å². The van der Waals surface area contributed by atoms with Crippen molar-refractivity contribution in [2.45, 2.75) is 57.7 Å². The van der Waals surface area contributed by atoms with E-state index in [-0.39, 0.29) is 5.91 Å². The normalized spacial score (nSPS) is 18.2. The summed E-state index contributed by atoms with van der Waals surface area (Å²) in [5, 5.41) is 13.1. The molecule has 0 aliphatic heterocycles. The fourth-order valence-electron chi connectivity index (χ4n) is 2.74. The molecule has 0 saturated heterocycles. The molecule has 0 radical (unpaired) electrons. The Labute approximate surface area is 126 Å². The molecule has 4 nitrogen and oxygen atoms in total. The van der Waals surface area contributed by atoms with Gasteiger partial charge in [0.15, 0.2) is 6.10 Å². The Morgan fingerprint density at radius 2 is 2.05 bits per heavy atom. The van der Waals surface area contributed by atoms with E-state index >= 15 is 0 Å². The van der Waals surface area contributed by atoms with Gasteiger partial charge in [0, 0.05) is 6.54 Å². The van der Waals surface area contributed by atoms with Gasteiger partial charge in [0.25, 0.3) is 5.91 Å². The van der Waals surface area contributed by atoms with Gasteiger partial charge in [0.2, 0.25) is 0 Å². The number of rotatable bonds is 6. The van der Waals surface area contributed by atoms with Crippen LogP contribution in [0.4, 0.5) is 0 Å². The van der Waals surface area contributed by atoms with E-state index in [0.29, 0.717) is 13.0 Å². The summed E-state index contributed by atoms with van der Waals surface area (Å²) < 4.78 is 5.81. The number of aliphatic hydroxyl groups is 1. The molecule has 1 amide bonds. The highest BCUT2D eigenvalue weighted by Crippen LogP contribution is 2.28. The van der Waals surface area contributed by atoms with Crippen LogP contribution in [-0.2, 0) is 4.79 Å². The number of carbonyl (C=O) groups excluding carboxylic acids is 1. The second kappa shape index (κ2) is 6.94. The maximum atomic E-state index is 12.2. The number of hydrogen-bond acceptors (Lipinski definition) is 3. The van der Waals surface area contributed by atoms with Crippen LogP contribution >= 0.6 is 0 Å². The van der Waals surface area contributed by atoms with Crippen LogP contribution in [0.2, 0.25) is 0 Å². The van der Waals surface area contributed by atoms with E-state index in [1.54, 1.807) is 0 Å². The zero-order valence-corrected chi connectivity index (χ0v) is 12.9. The van der Waals surface area contributed by atoms with Crippen LogP contribution in [0.3, 0.4) is 0 Å². The molecular weight excluding hydrogens is 266 g/mol. The highest BCUT2D eigenvalue weighted by molar-refractivity contribution is 5.81. The Morgan fingerprint density at radius 1 is 1.38 bits per heavy atom. The quantitative estimate of drug-likeness (QED) is 0.847. The summed E-state index contributed by atoms with van der Waals surface area (Å²) in [6.07, 6.45) is 3.67. The summed E-state index contributed by atoms with van der Waals surface area (Å²) in [4.78, 5) is 12.2. The molecule has 2 N–H and O–H groups in total. The van der Waals surface area contributed by atoms with Crippen molar-refractivity contribution in [3.8, 4) is 5.75 Å². The van der Waals surface area contributed by atoms with Crippen molar-refractivity contribution in [2.24, 2.45) is 0 Å². The summed E-state index contributed by atoms with van der Waals surface area (Å²) in [7, 11) is 0. The summed E-state index contributed by atoms with van der Waals surface area (Å²) in [5.41, 5.74) is 0.287. The summed E-state index contributed by atoms with van der Waals surface area (Å²) in [6.45, 7) is 4.20. The molecule has 116 valence electrons. The lowest BCUT2D eigenvalue weighted by molar-refractivity contribution is -0.129. The molecular formula is C17H25NO3. The zero-order valence-electron chi connectivity index (χ0n) is 12.9. The van der Waals surface area contributed by atoms with E-state index in [1.165, 1.54) is 0 Å². The number of nitrogens with one attached hydrogen (secondary N) is 1. The smallest absolute Gasteiger partial charge is 0.261 e. The third kappa shape index (κ3) is 4.21. The Kier molecular flexibility index (Phi) is 5.23. The molecule has 1 saturated carbocycles. The molecule has 0 spiro atoms. The van der Waals surface area contributed by atoms with E-state index in [0.717, 1.165) is 37.0 Å². The predicted molar refractivity (Wildman–Crippen MR) is 82.3 cm³/mol. The largest absolute Gasteiger partial charge is 0.480 e. The van der Waals surface area contributed by atoms with Gasteiger partial charge in [-0.2, -0.15) is 0 Å². The van der Waals surface area contributed by atoms with Crippen LogP contribution in [-0.4, -0.2) is 29.3 Å². The summed E-state index contributed by atoms with van der Waals surface area (Å²) in [5.74, 6) is 0.583. The van der Waals surface area contributed by atoms with Crippen LogP contribution < -0.4 is 10.1 Å². The second-order valence-corrected chi connectivity index (χ2v) is 5.93. The average molecular weight is 291 g/mol. The van der Waals surface area contributed by atoms with Crippen molar-refractivity contribution in [3.05, 3.63) is 29.8 Å². The fourth-order valence-corrected chi connectivity index (χ4v) is 2.74. The number of aryl methyl sites for hydroxylation is 1. The van der Waals surface area contributed by atoms with Crippen molar-refractivity contribution < 1.29 is 14.6 Å². The second-order valence-electron chi connectivity index (χ2n) is 5.93. The van der Waals surface area contributed by atoms with E-state index < -0.39 is 11.7 Å². The topological polar surface area (TPSA) is 58.6 Å². The molecule has 1 aliphatic carbocycles. The van der Waals surface area contributed by atoms with Crippen LogP contribution in [0.15, 0.2) is 24.3 Å². The van der Waals surface area contributed by atoms with E-state index in [4.69, 9.17) is 4.74 Å². The third-order valence-corrected chi connectivity index (χ3v) is 4.15. The SMILES string of the molecule is CCC(Oc1ccccc1C)C(=O)NCC1(O)CCCC1. The molecule has 1 aromatic carbocycles. The first kappa shape index (κ1) is 15.8. The van der Waals surface area contributed by atoms with Crippen LogP contribution in [0.1, 0.15) is 44.6 Å². The molecule has 21 heavy (non-hydrogen) atoms. The first-order chi connectivity index (χ1) is 10.0. The van der Waals surface area contributed by atoms with E-state index in [2.05, 4.69) is 5.32 Å². The standard InChI is InChI=1S/C17H25NO3/c1-3-14(21-15-9-5-4-8-13(15)2)16(19)18-12-17(20)10-6-7-11-17/h4-5,8-9,14,20H,3,6-7,10-12H2,1-2H3,(H,18,19). The number of ether oxygens (including phenoxy) is 1. The first-order valence-corrected chi connectivity index (χ1v) is 7.76. The van der Waals surface area contributed by atoms with Gasteiger partial charge in [-0.05, 0) is 37.8 Å².